The number of rotatable bonds is 4. The summed E-state index contributed by atoms with van der Waals surface area (Å²) < 4.78 is 0. The summed E-state index contributed by atoms with van der Waals surface area (Å²) in [5.41, 5.74) is 0. The largest absolute Gasteiger partial charge is 0.347 e. The topological polar surface area (TPSA) is 49.4 Å². The van der Waals surface area contributed by atoms with Crippen LogP contribution in [0.5, 0.6) is 0 Å². The van der Waals surface area contributed by atoms with Crippen molar-refractivity contribution in [3.8, 4) is 0 Å². The molecule has 0 radical (unpaired) electrons. The summed E-state index contributed by atoms with van der Waals surface area (Å²) in [6, 6.07) is 0.448. The molecule has 1 heterocycles. The maximum Gasteiger partial charge on any atom is 0.242 e. The van der Waals surface area contributed by atoms with Gasteiger partial charge in [-0.1, -0.05) is 25.7 Å². The van der Waals surface area contributed by atoms with Crippen LogP contribution in [0.3, 0.4) is 0 Å². The van der Waals surface area contributed by atoms with E-state index < -0.39 is 0 Å². The highest BCUT2D eigenvalue weighted by atomic mass is 16.2. The van der Waals surface area contributed by atoms with Crippen LogP contribution in [-0.4, -0.2) is 35.8 Å². The molecule has 0 bridgehead atoms. The number of hydrogen-bond donors (Lipinski definition) is 1. The maximum absolute atomic E-state index is 12.4. The van der Waals surface area contributed by atoms with Gasteiger partial charge in [0.2, 0.25) is 11.8 Å². The molecule has 4 heteroatoms. The minimum Gasteiger partial charge on any atom is -0.347 e. The SMILES string of the molecule is O=C(NCC(=O)N1CCC[C@H]1C1CCCC1)C1CCCC1. The second kappa shape index (κ2) is 6.80. The minimum atomic E-state index is 0.0949. The molecule has 1 atom stereocenters. The quantitative estimate of drug-likeness (QED) is 0.865. The van der Waals surface area contributed by atoms with Crippen molar-refractivity contribution in [3.63, 3.8) is 0 Å². The van der Waals surface area contributed by atoms with Gasteiger partial charge in [0.05, 0.1) is 6.54 Å². The van der Waals surface area contributed by atoms with E-state index in [1.54, 1.807) is 0 Å². The van der Waals surface area contributed by atoms with E-state index in [1.165, 1.54) is 25.7 Å². The van der Waals surface area contributed by atoms with Crippen LogP contribution in [0.25, 0.3) is 0 Å². The monoisotopic (exact) mass is 292 g/mol. The fraction of sp³-hybridized carbons (Fsp3) is 0.882. The first-order valence-electron chi connectivity index (χ1n) is 8.83. The molecular formula is C17H28N2O2. The van der Waals surface area contributed by atoms with Crippen LogP contribution >= 0.6 is 0 Å². The molecule has 118 valence electrons. The smallest absolute Gasteiger partial charge is 0.242 e. The molecule has 1 aliphatic heterocycles. The zero-order valence-electron chi connectivity index (χ0n) is 13.0. The highest BCUT2D eigenvalue weighted by molar-refractivity contribution is 5.86. The van der Waals surface area contributed by atoms with E-state index >= 15 is 0 Å². The Balaban J connectivity index is 1.48. The lowest BCUT2D eigenvalue weighted by Crippen LogP contribution is -2.45. The number of carbonyl (C=O) groups is 2. The summed E-state index contributed by atoms with van der Waals surface area (Å²) in [6.45, 7) is 1.10. The van der Waals surface area contributed by atoms with Crippen molar-refractivity contribution >= 4 is 11.8 Å². The first-order chi connectivity index (χ1) is 10.3. The molecule has 0 aromatic rings. The molecule has 2 aliphatic carbocycles. The molecule has 0 aromatic heterocycles. The normalized spacial score (nSPS) is 27.4. The van der Waals surface area contributed by atoms with Crippen LogP contribution in [0.15, 0.2) is 0 Å². The summed E-state index contributed by atoms with van der Waals surface area (Å²) in [5.74, 6) is 1.09. The number of likely N-dealkylation sites (tertiary alicyclic amines) is 1. The van der Waals surface area contributed by atoms with Crippen LogP contribution in [0.4, 0.5) is 0 Å². The van der Waals surface area contributed by atoms with Gasteiger partial charge in [-0.05, 0) is 44.4 Å². The summed E-state index contributed by atoms with van der Waals surface area (Å²) in [5, 5.41) is 2.88. The first kappa shape index (κ1) is 14.9. The van der Waals surface area contributed by atoms with E-state index in [-0.39, 0.29) is 24.3 Å². The van der Waals surface area contributed by atoms with Gasteiger partial charge in [0.1, 0.15) is 0 Å². The Hall–Kier alpha value is -1.06. The van der Waals surface area contributed by atoms with Crippen LogP contribution < -0.4 is 5.32 Å². The second-order valence-electron chi connectivity index (χ2n) is 7.04. The van der Waals surface area contributed by atoms with E-state index in [0.717, 1.165) is 45.1 Å². The molecule has 0 aromatic carbocycles. The predicted octanol–water partition coefficient (Wildman–Crippen LogP) is 2.47. The number of nitrogens with zero attached hydrogens (tertiary/aromatic N) is 1. The third kappa shape index (κ3) is 3.41. The molecule has 3 fully saturated rings. The van der Waals surface area contributed by atoms with Gasteiger partial charge >= 0.3 is 0 Å². The molecule has 1 N–H and O–H groups in total. The number of carbonyl (C=O) groups excluding carboxylic acids is 2. The third-order valence-electron chi connectivity index (χ3n) is 5.70. The minimum absolute atomic E-state index is 0.0949. The molecular weight excluding hydrogens is 264 g/mol. The Morgan fingerprint density at radius 1 is 0.905 bits per heavy atom. The van der Waals surface area contributed by atoms with Crippen molar-refractivity contribution in [2.24, 2.45) is 11.8 Å². The van der Waals surface area contributed by atoms with Gasteiger partial charge in [-0.25, -0.2) is 0 Å². The standard InChI is InChI=1S/C17H28N2O2/c20-16(12-18-17(21)14-8-3-4-9-14)19-11-5-10-15(19)13-6-1-2-7-13/h13-15H,1-12H2,(H,18,21)/t15-/m0/s1. The van der Waals surface area contributed by atoms with Gasteiger partial charge in [0.25, 0.3) is 0 Å². The van der Waals surface area contributed by atoms with Crippen LogP contribution in [0.2, 0.25) is 0 Å². The number of hydrogen-bond acceptors (Lipinski definition) is 2. The lowest BCUT2D eigenvalue weighted by atomic mass is 9.96. The molecule has 2 amide bonds. The van der Waals surface area contributed by atoms with Crippen molar-refractivity contribution < 1.29 is 9.59 Å². The molecule has 1 saturated heterocycles. The molecule has 21 heavy (non-hydrogen) atoms. The average Bonchev–Trinajstić information content (AvgIpc) is 3.25. The summed E-state index contributed by atoms with van der Waals surface area (Å²) in [6.07, 6.45) is 11.8. The molecule has 0 unspecified atom stereocenters. The Labute approximate surface area is 127 Å². The summed E-state index contributed by atoms with van der Waals surface area (Å²) >= 11 is 0. The molecule has 2 saturated carbocycles. The Morgan fingerprint density at radius 3 is 2.29 bits per heavy atom. The number of amides is 2. The molecule has 4 nitrogen and oxygen atoms in total. The van der Waals surface area contributed by atoms with Gasteiger partial charge in [0, 0.05) is 18.5 Å². The third-order valence-corrected chi connectivity index (χ3v) is 5.70. The van der Waals surface area contributed by atoms with E-state index in [2.05, 4.69) is 10.2 Å². The fourth-order valence-corrected chi connectivity index (χ4v) is 4.53. The van der Waals surface area contributed by atoms with Crippen molar-refractivity contribution in [3.05, 3.63) is 0 Å². The Morgan fingerprint density at radius 2 is 1.57 bits per heavy atom. The zero-order chi connectivity index (χ0) is 14.7. The molecule has 3 rings (SSSR count). The Bertz CT molecular complexity index is 384. The first-order valence-corrected chi connectivity index (χ1v) is 8.83. The van der Waals surface area contributed by atoms with Gasteiger partial charge < -0.3 is 10.2 Å². The van der Waals surface area contributed by atoms with Crippen molar-refractivity contribution in [1.29, 1.82) is 0 Å². The van der Waals surface area contributed by atoms with E-state index in [1.807, 2.05) is 0 Å². The highest BCUT2D eigenvalue weighted by Gasteiger charge is 2.35. The zero-order valence-corrected chi connectivity index (χ0v) is 13.0. The maximum atomic E-state index is 12.4. The number of nitrogens with one attached hydrogen (secondary N) is 1. The Kier molecular flexibility index (Phi) is 4.81. The lowest BCUT2D eigenvalue weighted by Gasteiger charge is -2.29. The van der Waals surface area contributed by atoms with Gasteiger partial charge in [0.15, 0.2) is 0 Å². The molecule has 0 spiro atoms. The molecule has 3 aliphatic rings. The van der Waals surface area contributed by atoms with Crippen molar-refractivity contribution in [2.45, 2.75) is 70.3 Å². The van der Waals surface area contributed by atoms with E-state index in [4.69, 9.17) is 0 Å². The fourth-order valence-electron chi connectivity index (χ4n) is 4.53. The van der Waals surface area contributed by atoms with E-state index in [9.17, 15) is 9.59 Å². The van der Waals surface area contributed by atoms with Gasteiger partial charge in [-0.15, -0.1) is 0 Å². The highest BCUT2D eigenvalue weighted by Crippen LogP contribution is 2.35. The van der Waals surface area contributed by atoms with Crippen molar-refractivity contribution in [2.75, 3.05) is 13.1 Å². The van der Waals surface area contributed by atoms with Crippen LogP contribution in [0.1, 0.15) is 64.2 Å². The lowest BCUT2D eigenvalue weighted by molar-refractivity contribution is -0.135. The summed E-state index contributed by atoms with van der Waals surface area (Å²) in [7, 11) is 0. The van der Waals surface area contributed by atoms with Crippen LogP contribution in [-0.2, 0) is 9.59 Å². The van der Waals surface area contributed by atoms with E-state index in [0.29, 0.717) is 12.0 Å². The average molecular weight is 292 g/mol. The van der Waals surface area contributed by atoms with Gasteiger partial charge in [-0.2, -0.15) is 0 Å². The van der Waals surface area contributed by atoms with Crippen LogP contribution in [0, 0.1) is 11.8 Å². The predicted molar refractivity (Wildman–Crippen MR) is 81.7 cm³/mol. The van der Waals surface area contributed by atoms with Gasteiger partial charge in [-0.3, -0.25) is 9.59 Å². The van der Waals surface area contributed by atoms with Crippen molar-refractivity contribution in [1.82, 2.24) is 10.2 Å². The second-order valence-corrected chi connectivity index (χ2v) is 7.04. The summed E-state index contributed by atoms with van der Waals surface area (Å²) in [4.78, 5) is 26.5.